The molecule has 0 unspecified atom stereocenters. The predicted molar refractivity (Wildman–Crippen MR) is 41.1 cm³/mol. The number of amides is 1. The average molecular weight is 162 g/mol. The average Bonchev–Trinajstić information content (AvgIpc) is 1.80. The Balaban J connectivity index is 2.05. The van der Waals surface area contributed by atoms with Gasteiger partial charge in [0.25, 0.3) is 0 Å². The third kappa shape index (κ3) is 2.18. The summed E-state index contributed by atoms with van der Waals surface area (Å²) in [6.45, 7) is 0. The zero-order valence-corrected chi connectivity index (χ0v) is 6.66. The number of nitrogens with one attached hydrogen (secondary N) is 1. The first-order chi connectivity index (χ1) is 4.83. The highest BCUT2D eigenvalue weighted by atomic mass is 35.5. The highest BCUT2D eigenvalue weighted by Gasteiger charge is 2.18. The van der Waals surface area contributed by atoms with Crippen molar-refractivity contribution in [1.82, 2.24) is 5.32 Å². The molecule has 10 heavy (non-hydrogen) atoms. The van der Waals surface area contributed by atoms with E-state index in [1.807, 2.05) is 0 Å². The van der Waals surface area contributed by atoms with Gasteiger partial charge in [-0.3, -0.25) is 4.79 Å². The molecule has 0 aliphatic heterocycles. The third-order valence-electron chi connectivity index (χ3n) is 1.79. The summed E-state index contributed by atoms with van der Waals surface area (Å²) in [6, 6.07) is 0.454. The van der Waals surface area contributed by atoms with Crippen LogP contribution < -0.4 is 5.32 Å². The van der Waals surface area contributed by atoms with Crippen LogP contribution >= 0.6 is 11.6 Å². The van der Waals surface area contributed by atoms with Gasteiger partial charge < -0.3 is 5.32 Å². The van der Waals surface area contributed by atoms with Crippen LogP contribution in [-0.4, -0.2) is 17.8 Å². The molecular formula is C7H12ClNO. The molecule has 0 bridgehead atoms. The van der Waals surface area contributed by atoms with Crippen molar-refractivity contribution in [3.63, 3.8) is 0 Å². The Morgan fingerprint density at radius 1 is 1.60 bits per heavy atom. The first kappa shape index (κ1) is 7.86. The molecule has 3 heteroatoms. The number of carbonyl (C=O) groups excluding carboxylic acids is 1. The predicted octanol–water partition coefficient (Wildman–Crippen LogP) is 1.28. The molecule has 0 spiro atoms. The summed E-state index contributed by atoms with van der Waals surface area (Å²) in [5.41, 5.74) is 0. The number of halogens is 1. The van der Waals surface area contributed by atoms with Gasteiger partial charge >= 0.3 is 0 Å². The Morgan fingerprint density at radius 2 is 2.30 bits per heavy atom. The highest BCUT2D eigenvalue weighted by Crippen LogP contribution is 2.17. The Kier molecular flexibility index (Phi) is 3.00. The van der Waals surface area contributed by atoms with E-state index in [4.69, 9.17) is 11.6 Å². The third-order valence-corrected chi connectivity index (χ3v) is 1.98. The topological polar surface area (TPSA) is 29.1 Å². The van der Waals surface area contributed by atoms with Crippen LogP contribution in [0.1, 0.15) is 25.7 Å². The second-order valence-corrected chi connectivity index (χ2v) is 3.01. The van der Waals surface area contributed by atoms with Gasteiger partial charge in [0.2, 0.25) is 5.91 Å². The smallest absolute Gasteiger partial charge is 0.221 e. The minimum Gasteiger partial charge on any atom is -0.353 e. The van der Waals surface area contributed by atoms with Gasteiger partial charge in [-0.2, -0.15) is 0 Å². The van der Waals surface area contributed by atoms with Crippen LogP contribution in [0.4, 0.5) is 0 Å². The molecule has 1 N–H and O–H groups in total. The van der Waals surface area contributed by atoms with E-state index in [0.717, 1.165) is 12.8 Å². The zero-order valence-electron chi connectivity index (χ0n) is 5.90. The quantitative estimate of drug-likeness (QED) is 0.621. The van der Waals surface area contributed by atoms with Crippen LogP contribution in [0.25, 0.3) is 0 Å². The van der Waals surface area contributed by atoms with E-state index in [-0.39, 0.29) is 5.91 Å². The summed E-state index contributed by atoms with van der Waals surface area (Å²) in [7, 11) is 0. The van der Waals surface area contributed by atoms with Crippen LogP contribution in [0.15, 0.2) is 0 Å². The lowest BCUT2D eigenvalue weighted by molar-refractivity contribution is -0.121. The fourth-order valence-corrected chi connectivity index (χ4v) is 1.11. The normalized spacial score (nSPS) is 18.1. The van der Waals surface area contributed by atoms with Gasteiger partial charge in [-0.1, -0.05) is 0 Å². The molecular weight excluding hydrogens is 150 g/mol. The number of carbonyl (C=O) groups is 1. The maximum atomic E-state index is 10.9. The van der Waals surface area contributed by atoms with Crippen LogP contribution in [0.2, 0.25) is 0 Å². The summed E-state index contributed by atoms with van der Waals surface area (Å²) >= 11 is 5.38. The Labute approximate surface area is 65.9 Å². The molecule has 0 atom stereocenters. The molecule has 0 saturated heterocycles. The van der Waals surface area contributed by atoms with Crippen molar-refractivity contribution in [3.8, 4) is 0 Å². The van der Waals surface area contributed by atoms with Crippen LogP contribution in [-0.2, 0) is 4.79 Å². The van der Waals surface area contributed by atoms with E-state index in [9.17, 15) is 4.79 Å². The van der Waals surface area contributed by atoms with Crippen molar-refractivity contribution in [3.05, 3.63) is 0 Å². The molecule has 1 aliphatic rings. The Morgan fingerprint density at radius 3 is 2.70 bits per heavy atom. The van der Waals surface area contributed by atoms with E-state index in [1.165, 1.54) is 6.42 Å². The molecule has 1 aliphatic carbocycles. The van der Waals surface area contributed by atoms with Crippen LogP contribution in [0, 0.1) is 0 Å². The molecule has 0 heterocycles. The first-order valence-corrected chi connectivity index (χ1v) is 4.21. The van der Waals surface area contributed by atoms with E-state index >= 15 is 0 Å². The number of hydrogen-bond acceptors (Lipinski definition) is 1. The van der Waals surface area contributed by atoms with Gasteiger partial charge in [0.15, 0.2) is 0 Å². The van der Waals surface area contributed by atoms with Gasteiger partial charge in [-0.05, 0) is 19.3 Å². The molecule has 0 aromatic rings. The van der Waals surface area contributed by atoms with E-state index in [2.05, 4.69) is 5.32 Å². The molecule has 58 valence electrons. The summed E-state index contributed by atoms with van der Waals surface area (Å²) < 4.78 is 0. The molecule has 0 aromatic heterocycles. The SMILES string of the molecule is O=C(CCCl)NC1CCC1. The highest BCUT2D eigenvalue weighted by molar-refractivity contribution is 6.18. The molecule has 1 fully saturated rings. The fourth-order valence-electron chi connectivity index (χ4n) is 0.938. The standard InChI is InChI=1S/C7H12ClNO/c8-5-4-7(10)9-6-2-1-3-6/h6H,1-5H2,(H,9,10). The molecule has 2 nitrogen and oxygen atoms in total. The first-order valence-electron chi connectivity index (χ1n) is 3.68. The summed E-state index contributed by atoms with van der Waals surface area (Å²) in [6.07, 6.45) is 4.01. The van der Waals surface area contributed by atoms with Crippen molar-refractivity contribution < 1.29 is 4.79 Å². The molecule has 1 rings (SSSR count). The van der Waals surface area contributed by atoms with Crippen LogP contribution in [0.3, 0.4) is 0 Å². The molecule has 0 radical (unpaired) electrons. The maximum Gasteiger partial charge on any atom is 0.221 e. The molecule has 1 saturated carbocycles. The minimum absolute atomic E-state index is 0.0969. The molecule has 1 amide bonds. The van der Waals surface area contributed by atoms with E-state index in [0.29, 0.717) is 18.3 Å². The van der Waals surface area contributed by atoms with Gasteiger partial charge in [0.1, 0.15) is 0 Å². The summed E-state index contributed by atoms with van der Waals surface area (Å²) in [5, 5.41) is 2.89. The summed E-state index contributed by atoms with van der Waals surface area (Å²) in [5.74, 6) is 0.526. The van der Waals surface area contributed by atoms with Gasteiger partial charge in [-0.25, -0.2) is 0 Å². The van der Waals surface area contributed by atoms with E-state index < -0.39 is 0 Å². The number of hydrogen-bond donors (Lipinski definition) is 1. The zero-order chi connectivity index (χ0) is 7.40. The van der Waals surface area contributed by atoms with Crippen molar-refractivity contribution in [2.75, 3.05) is 5.88 Å². The van der Waals surface area contributed by atoms with Crippen molar-refractivity contribution in [1.29, 1.82) is 0 Å². The second kappa shape index (κ2) is 3.81. The Bertz CT molecular complexity index is 123. The van der Waals surface area contributed by atoms with Gasteiger partial charge in [0.05, 0.1) is 0 Å². The number of rotatable bonds is 3. The van der Waals surface area contributed by atoms with Crippen LogP contribution in [0.5, 0.6) is 0 Å². The van der Waals surface area contributed by atoms with Gasteiger partial charge in [-0.15, -0.1) is 11.6 Å². The monoisotopic (exact) mass is 161 g/mol. The number of alkyl halides is 1. The van der Waals surface area contributed by atoms with E-state index in [1.54, 1.807) is 0 Å². The maximum absolute atomic E-state index is 10.9. The molecule has 0 aromatic carbocycles. The van der Waals surface area contributed by atoms with Crippen molar-refractivity contribution in [2.45, 2.75) is 31.7 Å². The van der Waals surface area contributed by atoms with Gasteiger partial charge in [0, 0.05) is 18.3 Å². The summed E-state index contributed by atoms with van der Waals surface area (Å²) in [4.78, 5) is 10.9. The van der Waals surface area contributed by atoms with Crippen molar-refractivity contribution in [2.24, 2.45) is 0 Å². The minimum atomic E-state index is 0.0969. The van der Waals surface area contributed by atoms with Crippen molar-refractivity contribution >= 4 is 17.5 Å². The lowest BCUT2D eigenvalue weighted by Crippen LogP contribution is -2.39. The lowest BCUT2D eigenvalue weighted by Gasteiger charge is -2.26. The Hall–Kier alpha value is -0.240. The lowest BCUT2D eigenvalue weighted by atomic mass is 9.93. The largest absolute Gasteiger partial charge is 0.353 e. The second-order valence-electron chi connectivity index (χ2n) is 2.63. The fraction of sp³-hybridized carbons (Fsp3) is 0.857.